The predicted octanol–water partition coefficient (Wildman–Crippen LogP) is 3.02. The fourth-order valence-corrected chi connectivity index (χ4v) is 5.86. The summed E-state index contributed by atoms with van der Waals surface area (Å²) in [4.78, 5) is 20.1. The Morgan fingerprint density at radius 2 is 1.62 bits per heavy atom. The van der Waals surface area contributed by atoms with Gasteiger partial charge in [0.25, 0.3) is 5.91 Å². The van der Waals surface area contributed by atoms with Crippen molar-refractivity contribution in [3.63, 3.8) is 0 Å². The fraction of sp³-hybridized carbons (Fsp3) is 0.667. The maximum Gasteiger partial charge on any atom is 0.270 e. The maximum atomic E-state index is 13.2. The Kier molecular flexibility index (Phi) is 5.54. The van der Waals surface area contributed by atoms with Gasteiger partial charge in [0.15, 0.2) is 0 Å². The Labute approximate surface area is 176 Å². The summed E-state index contributed by atoms with van der Waals surface area (Å²) in [7, 11) is 0. The molecule has 8 heteroatoms. The van der Waals surface area contributed by atoms with Crippen molar-refractivity contribution in [3.8, 4) is 5.13 Å². The second kappa shape index (κ2) is 8.44. The highest BCUT2D eigenvalue weighted by molar-refractivity contribution is 7.17. The van der Waals surface area contributed by atoms with Crippen molar-refractivity contribution in [1.82, 2.24) is 24.6 Å². The topological polar surface area (TPSA) is 57.5 Å². The van der Waals surface area contributed by atoms with Gasteiger partial charge >= 0.3 is 0 Å². The van der Waals surface area contributed by atoms with E-state index in [0.717, 1.165) is 55.6 Å². The van der Waals surface area contributed by atoms with Crippen LogP contribution >= 0.6 is 11.3 Å². The molecule has 0 atom stereocenters. The lowest BCUT2D eigenvalue weighted by atomic mass is 9.94. The van der Waals surface area contributed by atoms with Crippen LogP contribution in [0.5, 0.6) is 0 Å². The van der Waals surface area contributed by atoms with Crippen molar-refractivity contribution in [3.05, 3.63) is 24.0 Å². The van der Waals surface area contributed by atoms with Crippen LogP contribution in [0.3, 0.4) is 0 Å². The molecular weight excluding hydrogens is 384 g/mol. The third-order valence-electron chi connectivity index (χ3n) is 6.65. The summed E-state index contributed by atoms with van der Waals surface area (Å²) in [5.74, 6) is 0.108. The zero-order valence-corrected chi connectivity index (χ0v) is 17.8. The monoisotopic (exact) mass is 414 g/mol. The van der Waals surface area contributed by atoms with E-state index in [1.807, 2.05) is 27.8 Å². The second-order valence-electron chi connectivity index (χ2n) is 8.44. The predicted molar refractivity (Wildman–Crippen MR) is 115 cm³/mol. The zero-order valence-electron chi connectivity index (χ0n) is 17.0. The lowest BCUT2D eigenvalue weighted by Gasteiger charge is -2.40. The third-order valence-corrected chi connectivity index (χ3v) is 7.63. The molecule has 0 spiro atoms. The normalized spacial score (nSPS) is 21.8. The van der Waals surface area contributed by atoms with E-state index in [2.05, 4.69) is 20.0 Å². The van der Waals surface area contributed by atoms with E-state index >= 15 is 0 Å². The number of amides is 1. The second-order valence-corrected chi connectivity index (χ2v) is 9.38. The molecule has 1 aliphatic carbocycles. The van der Waals surface area contributed by atoms with Crippen LogP contribution in [0.25, 0.3) is 5.13 Å². The van der Waals surface area contributed by atoms with Crippen molar-refractivity contribution in [1.29, 1.82) is 0 Å². The average molecular weight is 415 g/mol. The number of rotatable bonds is 4. The molecule has 5 rings (SSSR count). The molecule has 0 unspecified atom stereocenters. The number of piperazine rings is 1. The number of anilines is 1. The molecule has 29 heavy (non-hydrogen) atoms. The summed E-state index contributed by atoms with van der Waals surface area (Å²) >= 11 is 1.57. The highest BCUT2D eigenvalue weighted by atomic mass is 32.1. The number of nitrogens with zero attached hydrogens (tertiary/aromatic N) is 6. The lowest BCUT2D eigenvalue weighted by Crippen LogP contribution is -2.52. The summed E-state index contributed by atoms with van der Waals surface area (Å²) in [5, 5.41) is 10.5. The van der Waals surface area contributed by atoms with Gasteiger partial charge in [-0.3, -0.25) is 14.3 Å². The van der Waals surface area contributed by atoms with E-state index in [-0.39, 0.29) is 5.91 Å². The number of aromatic nitrogens is 3. The number of hydrogen-bond donors (Lipinski definition) is 0. The Balaban J connectivity index is 1.25. The van der Waals surface area contributed by atoms with Crippen LogP contribution in [0.2, 0.25) is 0 Å². The molecule has 0 radical (unpaired) electrons. The van der Waals surface area contributed by atoms with Gasteiger partial charge < -0.3 is 9.80 Å². The highest BCUT2D eigenvalue weighted by Crippen LogP contribution is 2.28. The summed E-state index contributed by atoms with van der Waals surface area (Å²) in [6.07, 6.45) is 11.1. The number of hydrogen-bond acceptors (Lipinski definition) is 6. The maximum absolute atomic E-state index is 13.2. The lowest BCUT2D eigenvalue weighted by molar-refractivity contribution is 0.0516. The molecule has 0 N–H and O–H groups in total. The Morgan fingerprint density at radius 1 is 0.897 bits per heavy atom. The first-order valence-corrected chi connectivity index (χ1v) is 11.9. The molecular formula is C21H30N6OS. The van der Waals surface area contributed by atoms with Gasteiger partial charge in [-0.05, 0) is 37.8 Å². The van der Waals surface area contributed by atoms with E-state index in [4.69, 9.17) is 0 Å². The van der Waals surface area contributed by atoms with Crippen molar-refractivity contribution < 1.29 is 4.79 Å². The largest absolute Gasteiger partial charge is 0.347 e. The van der Waals surface area contributed by atoms with Crippen LogP contribution in [-0.2, 0) is 0 Å². The van der Waals surface area contributed by atoms with Crippen LogP contribution in [-0.4, -0.2) is 75.8 Å². The summed E-state index contributed by atoms with van der Waals surface area (Å²) in [5.41, 5.74) is 0.695. The third kappa shape index (κ3) is 3.92. The molecule has 2 aliphatic heterocycles. The molecule has 2 saturated heterocycles. The van der Waals surface area contributed by atoms with E-state index in [9.17, 15) is 4.79 Å². The van der Waals surface area contributed by atoms with Crippen LogP contribution in [0.4, 0.5) is 5.13 Å². The van der Waals surface area contributed by atoms with Crippen LogP contribution < -0.4 is 4.90 Å². The molecule has 7 nitrogen and oxygen atoms in total. The average Bonchev–Trinajstić information content (AvgIpc) is 3.54. The molecule has 1 amide bonds. The first-order chi connectivity index (χ1) is 14.3. The fourth-order valence-electron chi connectivity index (χ4n) is 4.96. The number of carbonyl (C=O) groups is 1. The van der Waals surface area contributed by atoms with Gasteiger partial charge in [0.1, 0.15) is 5.69 Å². The minimum atomic E-state index is 0.108. The van der Waals surface area contributed by atoms with Gasteiger partial charge in [-0.15, -0.1) is 10.2 Å². The van der Waals surface area contributed by atoms with Gasteiger partial charge in [-0.25, -0.2) is 0 Å². The van der Waals surface area contributed by atoms with Crippen LogP contribution in [0.1, 0.15) is 55.4 Å². The smallest absolute Gasteiger partial charge is 0.270 e. The van der Waals surface area contributed by atoms with Crippen LogP contribution in [0.15, 0.2) is 18.3 Å². The summed E-state index contributed by atoms with van der Waals surface area (Å²) in [6.45, 7) is 5.73. The van der Waals surface area contributed by atoms with E-state index in [1.165, 1.54) is 44.9 Å². The van der Waals surface area contributed by atoms with Gasteiger partial charge in [-0.1, -0.05) is 30.6 Å². The van der Waals surface area contributed by atoms with Crippen molar-refractivity contribution in [2.75, 3.05) is 44.2 Å². The minimum Gasteiger partial charge on any atom is -0.347 e. The molecule has 3 fully saturated rings. The summed E-state index contributed by atoms with van der Waals surface area (Å²) < 4.78 is 1.91. The van der Waals surface area contributed by atoms with Crippen molar-refractivity contribution in [2.45, 2.75) is 51.0 Å². The Morgan fingerprint density at radius 3 is 2.38 bits per heavy atom. The molecule has 2 aromatic rings. The van der Waals surface area contributed by atoms with Gasteiger partial charge in [-0.2, -0.15) is 0 Å². The Bertz CT molecular complexity index is 828. The van der Waals surface area contributed by atoms with Crippen LogP contribution in [0, 0.1) is 0 Å². The molecule has 0 bridgehead atoms. The molecule has 3 aliphatic rings. The van der Waals surface area contributed by atoms with E-state index in [0.29, 0.717) is 5.69 Å². The quantitative estimate of drug-likeness (QED) is 0.770. The minimum absolute atomic E-state index is 0.108. The summed E-state index contributed by atoms with van der Waals surface area (Å²) in [6, 6.07) is 4.57. The Hall–Kier alpha value is -1.93. The molecule has 2 aromatic heterocycles. The first kappa shape index (κ1) is 19.1. The van der Waals surface area contributed by atoms with E-state index in [1.54, 1.807) is 11.3 Å². The first-order valence-electron chi connectivity index (χ1n) is 11.1. The van der Waals surface area contributed by atoms with Gasteiger partial charge in [0, 0.05) is 51.5 Å². The standard InChI is InChI=1S/C21H30N6OS/c28-19(25-15-13-24(14-16-25)17-7-2-1-3-8-17)18-9-6-12-27(18)21-23-22-20(29-21)26-10-4-5-11-26/h6,9,12,17H,1-5,7-8,10-11,13-16H2. The van der Waals surface area contributed by atoms with E-state index < -0.39 is 0 Å². The zero-order chi connectivity index (χ0) is 19.6. The molecule has 4 heterocycles. The SMILES string of the molecule is O=C(c1cccn1-c1nnc(N2CCCC2)s1)N1CCN(C2CCCCC2)CC1. The molecule has 1 saturated carbocycles. The highest BCUT2D eigenvalue weighted by Gasteiger charge is 2.29. The van der Waals surface area contributed by atoms with Gasteiger partial charge in [0.2, 0.25) is 10.3 Å². The molecule has 156 valence electrons. The van der Waals surface area contributed by atoms with Crippen molar-refractivity contribution in [2.24, 2.45) is 0 Å². The number of carbonyl (C=O) groups excluding carboxylic acids is 1. The van der Waals surface area contributed by atoms with Gasteiger partial charge in [0.05, 0.1) is 0 Å². The molecule has 0 aromatic carbocycles. The van der Waals surface area contributed by atoms with Crippen molar-refractivity contribution >= 4 is 22.4 Å².